The molecule has 8 atom stereocenters. The Labute approximate surface area is 178 Å². The van der Waals surface area contributed by atoms with E-state index in [1.165, 1.54) is 0 Å². The summed E-state index contributed by atoms with van der Waals surface area (Å²) in [6.45, 7) is 4.49. The molecule has 0 bridgehead atoms. The van der Waals surface area contributed by atoms with Gasteiger partial charge in [0, 0.05) is 52.2 Å². The molecule has 1 aliphatic heterocycles. The molecule has 2 aliphatic carbocycles. The van der Waals surface area contributed by atoms with E-state index in [-0.39, 0.29) is 48.9 Å². The van der Waals surface area contributed by atoms with E-state index in [1.807, 2.05) is 13.8 Å². The quantitative estimate of drug-likeness (QED) is 0.688. The molecule has 2 amide bonds. The predicted molar refractivity (Wildman–Crippen MR) is 108 cm³/mol. The van der Waals surface area contributed by atoms with E-state index in [0.717, 1.165) is 0 Å². The maximum Gasteiger partial charge on any atom is 0.229 e. The summed E-state index contributed by atoms with van der Waals surface area (Å²) in [6, 6.07) is -0.461. The van der Waals surface area contributed by atoms with Gasteiger partial charge in [-0.3, -0.25) is 9.59 Å². The largest absolute Gasteiger partial charge is 0.381 e. The van der Waals surface area contributed by atoms with Gasteiger partial charge >= 0.3 is 0 Å². The fourth-order valence-electron chi connectivity index (χ4n) is 5.51. The number of methoxy groups -OCH3 is 2. The number of hydrogen-bond acceptors (Lipinski definition) is 4. The normalized spacial score (nSPS) is 40.3. The number of alkyl halides is 2. The minimum atomic E-state index is -1.21. The third-order valence-corrected chi connectivity index (χ3v) is 7.23. The minimum Gasteiger partial charge on any atom is -0.381 e. The van der Waals surface area contributed by atoms with Crippen LogP contribution in [-0.4, -0.2) is 85.6 Å². The number of ether oxygens (including phenoxy) is 2. The zero-order valence-corrected chi connectivity index (χ0v) is 18.6. The second-order valence-electron chi connectivity index (χ2n) is 9.27. The first kappa shape index (κ1) is 23.4. The number of nitrogens with zero attached hydrogens (tertiary/aromatic N) is 2. The SMILES string of the molecule is COC1CCC(C(=O)N2C[C@H](C)N(C(=O)C3CCC(OC)CC3F)[C@@H](C)C2)C(F)C1. The number of hydrogen-bond donors (Lipinski definition) is 0. The highest BCUT2D eigenvalue weighted by atomic mass is 19.1. The van der Waals surface area contributed by atoms with Crippen molar-refractivity contribution in [2.24, 2.45) is 11.8 Å². The number of amides is 2. The Kier molecular flexibility index (Phi) is 7.71. The molecule has 3 fully saturated rings. The average molecular weight is 431 g/mol. The van der Waals surface area contributed by atoms with Gasteiger partial charge in [-0.05, 0) is 39.5 Å². The Bertz CT molecular complexity index is 610. The van der Waals surface area contributed by atoms with Gasteiger partial charge in [0.05, 0.1) is 24.0 Å². The molecule has 172 valence electrons. The molecule has 6 unspecified atom stereocenters. The maximum atomic E-state index is 14.7. The van der Waals surface area contributed by atoms with Crippen LogP contribution in [0.5, 0.6) is 0 Å². The molecule has 0 aromatic rings. The van der Waals surface area contributed by atoms with Gasteiger partial charge < -0.3 is 19.3 Å². The second-order valence-corrected chi connectivity index (χ2v) is 9.27. The van der Waals surface area contributed by atoms with E-state index in [1.54, 1.807) is 24.0 Å². The van der Waals surface area contributed by atoms with Crippen LogP contribution >= 0.6 is 0 Å². The van der Waals surface area contributed by atoms with Crippen molar-refractivity contribution in [1.82, 2.24) is 9.80 Å². The third kappa shape index (κ3) is 4.79. The van der Waals surface area contributed by atoms with E-state index in [9.17, 15) is 18.4 Å². The molecule has 1 heterocycles. The molecule has 3 aliphatic rings. The molecule has 6 nitrogen and oxygen atoms in total. The van der Waals surface area contributed by atoms with Crippen molar-refractivity contribution in [3.63, 3.8) is 0 Å². The lowest BCUT2D eigenvalue weighted by Crippen LogP contribution is -2.62. The van der Waals surface area contributed by atoms with E-state index < -0.39 is 24.2 Å². The summed E-state index contributed by atoms with van der Waals surface area (Å²) in [6.07, 6.45) is 0.136. The molecule has 8 heteroatoms. The highest BCUT2D eigenvalue weighted by Gasteiger charge is 2.44. The fraction of sp³-hybridized carbons (Fsp3) is 0.909. The average Bonchev–Trinajstić information content (AvgIpc) is 2.72. The van der Waals surface area contributed by atoms with E-state index in [4.69, 9.17) is 9.47 Å². The Balaban J connectivity index is 1.61. The molecular weight excluding hydrogens is 394 g/mol. The Hall–Kier alpha value is -1.28. The maximum absolute atomic E-state index is 14.7. The van der Waals surface area contributed by atoms with Crippen molar-refractivity contribution < 1.29 is 27.8 Å². The van der Waals surface area contributed by atoms with Crippen LogP contribution < -0.4 is 0 Å². The Morgan fingerprint density at radius 3 is 1.60 bits per heavy atom. The van der Waals surface area contributed by atoms with Crippen molar-refractivity contribution in [1.29, 1.82) is 0 Å². The fourth-order valence-corrected chi connectivity index (χ4v) is 5.51. The summed E-state index contributed by atoms with van der Waals surface area (Å²) in [5.74, 6) is -1.64. The van der Waals surface area contributed by atoms with Crippen LogP contribution in [0.15, 0.2) is 0 Å². The summed E-state index contributed by atoms with van der Waals surface area (Å²) in [5.41, 5.74) is 0. The lowest BCUT2D eigenvalue weighted by molar-refractivity contribution is -0.156. The number of carbonyl (C=O) groups is 2. The highest BCUT2D eigenvalue weighted by molar-refractivity contribution is 5.82. The third-order valence-electron chi connectivity index (χ3n) is 7.23. The van der Waals surface area contributed by atoms with Crippen LogP contribution in [0, 0.1) is 11.8 Å². The van der Waals surface area contributed by atoms with Gasteiger partial charge in [0.1, 0.15) is 12.3 Å². The summed E-state index contributed by atoms with van der Waals surface area (Å²) in [7, 11) is 3.15. The molecule has 30 heavy (non-hydrogen) atoms. The van der Waals surface area contributed by atoms with Crippen molar-refractivity contribution in [3.8, 4) is 0 Å². The van der Waals surface area contributed by atoms with Crippen molar-refractivity contribution in [2.45, 2.75) is 89.0 Å². The summed E-state index contributed by atoms with van der Waals surface area (Å²) >= 11 is 0. The lowest BCUT2D eigenvalue weighted by atomic mass is 9.83. The number of carbonyl (C=O) groups excluding carboxylic acids is 2. The van der Waals surface area contributed by atoms with Crippen LogP contribution in [0.25, 0.3) is 0 Å². The van der Waals surface area contributed by atoms with E-state index in [0.29, 0.717) is 38.8 Å². The van der Waals surface area contributed by atoms with Gasteiger partial charge in [0.2, 0.25) is 11.8 Å². The number of piperazine rings is 1. The molecule has 0 aromatic carbocycles. The first-order valence-corrected chi connectivity index (χ1v) is 11.2. The molecule has 2 saturated carbocycles. The van der Waals surface area contributed by atoms with Gasteiger partial charge in [-0.1, -0.05) is 0 Å². The first-order chi connectivity index (χ1) is 14.3. The number of halogens is 2. The van der Waals surface area contributed by atoms with E-state index >= 15 is 0 Å². The van der Waals surface area contributed by atoms with Crippen LogP contribution in [0.2, 0.25) is 0 Å². The zero-order chi connectivity index (χ0) is 22.0. The van der Waals surface area contributed by atoms with Crippen molar-refractivity contribution >= 4 is 11.8 Å². The van der Waals surface area contributed by atoms with Gasteiger partial charge in [0.15, 0.2) is 0 Å². The summed E-state index contributed by atoms with van der Waals surface area (Å²) in [4.78, 5) is 29.6. The Morgan fingerprint density at radius 2 is 1.20 bits per heavy atom. The van der Waals surface area contributed by atoms with Crippen LogP contribution in [0.3, 0.4) is 0 Å². The molecule has 0 radical (unpaired) electrons. The zero-order valence-electron chi connectivity index (χ0n) is 18.6. The standard InChI is InChI=1S/C22H36F2N2O4/c1-13-11-25(21(27)17-7-5-15(29-3)9-19(17)23)12-14(2)26(13)22(28)18-8-6-16(30-4)10-20(18)24/h13-20H,5-12H2,1-4H3/t13-,14-,15?,16?,17?,18?,19?,20?/m0/s1. The second kappa shape index (κ2) is 9.90. The van der Waals surface area contributed by atoms with Crippen molar-refractivity contribution in [3.05, 3.63) is 0 Å². The molecule has 0 spiro atoms. The molecule has 0 aromatic heterocycles. The molecule has 1 saturated heterocycles. The van der Waals surface area contributed by atoms with Gasteiger partial charge in [-0.25, -0.2) is 8.78 Å². The van der Waals surface area contributed by atoms with Gasteiger partial charge in [-0.15, -0.1) is 0 Å². The summed E-state index contributed by atoms with van der Waals surface area (Å²) in [5, 5.41) is 0. The smallest absolute Gasteiger partial charge is 0.229 e. The lowest BCUT2D eigenvalue weighted by Gasteiger charge is -2.47. The van der Waals surface area contributed by atoms with Crippen molar-refractivity contribution in [2.75, 3.05) is 27.3 Å². The number of rotatable bonds is 4. The minimum absolute atomic E-state index is 0.127. The first-order valence-electron chi connectivity index (χ1n) is 11.2. The Morgan fingerprint density at radius 1 is 0.767 bits per heavy atom. The summed E-state index contributed by atoms with van der Waals surface area (Å²) < 4.78 is 39.7. The topological polar surface area (TPSA) is 59.1 Å². The molecule has 3 rings (SSSR count). The molecule has 0 N–H and O–H groups in total. The van der Waals surface area contributed by atoms with Crippen LogP contribution in [-0.2, 0) is 19.1 Å². The van der Waals surface area contributed by atoms with Gasteiger partial charge in [-0.2, -0.15) is 0 Å². The van der Waals surface area contributed by atoms with Crippen LogP contribution in [0.4, 0.5) is 8.78 Å². The highest BCUT2D eigenvalue weighted by Crippen LogP contribution is 2.34. The predicted octanol–water partition coefficient (Wildman–Crippen LogP) is 2.74. The van der Waals surface area contributed by atoms with E-state index in [2.05, 4.69) is 0 Å². The molecular formula is C22H36F2N2O4. The van der Waals surface area contributed by atoms with Crippen LogP contribution in [0.1, 0.15) is 52.4 Å². The van der Waals surface area contributed by atoms with Gasteiger partial charge in [0.25, 0.3) is 0 Å². The monoisotopic (exact) mass is 430 g/mol.